The summed E-state index contributed by atoms with van der Waals surface area (Å²) in [6, 6.07) is 6.28. The average molecular weight is 362 g/mol. The molecule has 2 rings (SSSR count). The molecule has 0 radical (unpaired) electrons. The van der Waals surface area contributed by atoms with Crippen LogP contribution in [0.3, 0.4) is 0 Å². The standard InChI is InChI=1S/C11H10Br2N2S/c1-7(11-14-4-5-16-11)15-10-6-8(12)2-3-9(10)13/h2-7,15H,1H3. The van der Waals surface area contributed by atoms with Gasteiger partial charge in [-0.3, -0.25) is 0 Å². The van der Waals surface area contributed by atoms with Crippen molar-refractivity contribution in [2.24, 2.45) is 0 Å². The van der Waals surface area contributed by atoms with E-state index >= 15 is 0 Å². The molecule has 2 nitrogen and oxygen atoms in total. The maximum Gasteiger partial charge on any atom is 0.115 e. The lowest BCUT2D eigenvalue weighted by Crippen LogP contribution is -2.06. The van der Waals surface area contributed by atoms with E-state index in [4.69, 9.17) is 0 Å². The third-order valence-electron chi connectivity index (χ3n) is 2.12. The second-order valence-corrected chi connectivity index (χ2v) is 6.06. The Kier molecular flexibility index (Phi) is 4.00. The summed E-state index contributed by atoms with van der Waals surface area (Å²) in [6.07, 6.45) is 1.83. The minimum atomic E-state index is 0.214. The average Bonchev–Trinajstić information content (AvgIpc) is 2.76. The number of hydrogen-bond donors (Lipinski definition) is 1. The van der Waals surface area contributed by atoms with Crippen molar-refractivity contribution in [3.05, 3.63) is 43.7 Å². The lowest BCUT2D eigenvalue weighted by molar-refractivity contribution is 0.868. The molecule has 84 valence electrons. The van der Waals surface area contributed by atoms with Gasteiger partial charge in [0.05, 0.1) is 11.7 Å². The smallest absolute Gasteiger partial charge is 0.115 e. The molecule has 5 heteroatoms. The molecule has 0 spiro atoms. The Hall–Kier alpha value is -0.390. The first-order valence-electron chi connectivity index (χ1n) is 4.78. The summed E-state index contributed by atoms with van der Waals surface area (Å²) >= 11 is 8.64. The van der Waals surface area contributed by atoms with Crippen LogP contribution in [0, 0.1) is 0 Å². The van der Waals surface area contributed by atoms with Crippen LogP contribution in [0.5, 0.6) is 0 Å². The Bertz CT molecular complexity index is 471. The molecule has 1 unspecified atom stereocenters. The molecule has 2 aromatic rings. The van der Waals surface area contributed by atoms with Crippen molar-refractivity contribution in [2.45, 2.75) is 13.0 Å². The normalized spacial score (nSPS) is 12.4. The van der Waals surface area contributed by atoms with Crippen LogP contribution in [0.25, 0.3) is 0 Å². The van der Waals surface area contributed by atoms with Crippen LogP contribution in [0.1, 0.15) is 18.0 Å². The number of rotatable bonds is 3. The molecule has 0 aliphatic heterocycles. The van der Waals surface area contributed by atoms with Crippen LogP contribution >= 0.6 is 43.2 Å². The number of aromatic nitrogens is 1. The van der Waals surface area contributed by atoms with Crippen LogP contribution in [0.4, 0.5) is 5.69 Å². The molecule has 0 saturated carbocycles. The van der Waals surface area contributed by atoms with Gasteiger partial charge in [0.25, 0.3) is 0 Å². The van der Waals surface area contributed by atoms with Crippen LogP contribution in [0.15, 0.2) is 38.7 Å². The monoisotopic (exact) mass is 360 g/mol. The second-order valence-electron chi connectivity index (χ2n) is 3.36. The largest absolute Gasteiger partial charge is 0.375 e. The van der Waals surface area contributed by atoms with E-state index in [-0.39, 0.29) is 6.04 Å². The highest BCUT2D eigenvalue weighted by atomic mass is 79.9. The first-order valence-corrected chi connectivity index (χ1v) is 7.24. The molecule has 0 aliphatic carbocycles. The number of anilines is 1. The summed E-state index contributed by atoms with van der Waals surface area (Å²) in [5.41, 5.74) is 1.07. The highest BCUT2D eigenvalue weighted by Gasteiger charge is 2.09. The molecule has 1 atom stereocenters. The van der Waals surface area contributed by atoms with Gasteiger partial charge < -0.3 is 5.32 Å². The minimum absolute atomic E-state index is 0.214. The number of nitrogens with one attached hydrogen (secondary N) is 1. The van der Waals surface area contributed by atoms with Crippen molar-refractivity contribution >= 4 is 48.9 Å². The zero-order valence-corrected chi connectivity index (χ0v) is 12.6. The van der Waals surface area contributed by atoms with E-state index in [1.54, 1.807) is 11.3 Å². The van der Waals surface area contributed by atoms with Crippen LogP contribution in [0.2, 0.25) is 0 Å². The Morgan fingerprint density at radius 2 is 2.19 bits per heavy atom. The molecular weight excluding hydrogens is 352 g/mol. The molecule has 0 aliphatic rings. The molecular formula is C11H10Br2N2S. The Labute approximate surface area is 115 Å². The van der Waals surface area contributed by atoms with Crippen molar-refractivity contribution in [3.8, 4) is 0 Å². The van der Waals surface area contributed by atoms with Gasteiger partial charge in [-0.15, -0.1) is 11.3 Å². The van der Waals surface area contributed by atoms with E-state index in [0.29, 0.717) is 0 Å². The number of hydrogen-bond acceptors (Lipinski definition) is 3. The van der Waals surface area contributed by atoms with E-state index in [1.165, 1.54) is 0 Å². The Balaban J connectivity index is 2.17. The van der Waals surface area contributed by atoms with Crippen molar-refractivity contribution in [2.75, 3.05) is 5.32 Å². The van der Waals surface area contributed by atoms with E-state index in [9.17, 15) is 0 Å². The molecule has 0 amide bonds. The fraction of sp³-hybridized carbons (Fsp3) is 0.182. The van der Waals surface area contributed by atoms with Crippen molar-refractivity contribution < 1.29 is 0 Å². The highest BCUT2D eigenvalue weighted by Crippen LogP contribution is 2.29. The van der Waals surface area contributed by atoms with E-state index < -0.39 is 0 Å². The number of benzene rings is 1. The third kappa shape index (κ3) is 2.84. The zero-order chi connectivity index (χ0) is 11.5. The summed E-state index contributed by atoms with van der Waals surface area (Å²) in [7, 11) is 0. The van der Waals surface area contributed by atoms with Gasteiger partial charge in [-0.05, 0) is 41.1 Å². The summed E-state index contributed by atoms with van der Waals surface area (Å²) in [5.74, 6) is 0. The van der Waals surface area contributed by atoms with Crippen LogP contribution in [-0.4, -0.2) is 4.98 Å². The quantitative estimate of drug-likeness (QED) is 0.845. The van der Waals surface area contributed by atoms with Crippen molar-refractivity contribution in [1.82, 2.24) is 4.98 Å². The van der Waals surface area contributed by atoms with Gasteiger partial charge >= 0.3 is 0 Å². The van der Waals surface area contributed by atoms with Crippen LogP contribution < -0.4 is 5.32 Å². The lowest BCUT2D eigenvalue weighted by Gasteiger charge is -2.14. The topological polar surface area (TPSA) is 24.9 Å². The zero-order valence-electron chi connectivity index (χ0n) is 8.58. The van der Waals surface area contributed by atoms with E-state index in [1.807, 2.05) is 29.8 Å². The molecule has 0 saturated heterocycles. The predicted octanol–water partition coefficient (Wildman–Crippen LogP) is 4.84. The predicted molar refractivity (Wildman–Crippen MR) is 76.0 cm³/mol. The minimum Gasteiger partial charge on any atom is -0.375 e. The van der Waals surface area contributed by atoms with Gasteiger partial charge in [-0.25, -0.2) is 4.98 Å². The fourth-order valence-electron chi connectivity index (χ4n) is 1.35. The van der Waals surface area contributed by atoms with Gasteiger partial charge in [-0.1, -0.05) is 15.9 Å². The van der Waals surface area contributed by atoms with Gasteiger partial charge in [0.1, 0.15) is 5.01 Å². The van der Waals surface area contributed by atoms with Gasteiger partial charge in [0.15, 0.2) is 0 Å². The maximum absolute atomic E-state index is 4.29. The van der Waals surface area contributed by atoms with E-state index in [0.717, 1.165) is 19.6 Å². The summed E-state index contributed by atoms with van der Waals surface area (Å²) in [4.78, 5) is 4.29. The molecule has 1 heterocycles. The molecule has 16 heavy (non-hydrogen) atoms. The van der Waals surface area contributed by atoms with Crippen molar-refractivity contribution in [3.63, 3.8) is 0 Å². The van der Waals surface area contributed by atoms with Crippen molar-refractivity contribution in [1.29, 1.82) is 0 Å². The highest BCUT2D eigenvalue weighted by molar-refractivity contribution is 9.11. The molecule has 0 bridgehead atoms. The van der Waals surface area contributed by atoms with Gasteiger partial charge in [-0.2, -0.15) is 0 Å². The molecule has 1 N–H and O–H groups in total. The SMILES string of the molecule is CC(Nc1cc(Br)ccc1Br)c1nccs1. The Morgan fingerprint density at radius 3 is 2.88 bits per heavy atom. The van der Waals surface area contributed by atoms with Crippen LogP contribution in [-0.2, 0) is 0 Å². The second kappa shape index (κ2) is 5.29. The summed E-state index contributed by atoms with van der Waals surface area (Å²) in [6.45, 7) is 2.10. The molecule has 0 fully saturated rings. The summed E-state index contributed by atoms with van der Waals surface area (Å²) in [5, 5.41) is 6.50. The first-order chi connectivity index (χ1) is 7.66. The number of thiazole rings is 1. The molecule has 1 aromatic carbocycles. The lowest BCUT2D eigenvalue weighted by atomic mass is 10.3. The third-order valence-corrected chi connectivity index (χ3v) is 4.27. The number of halogens is 2. The Morgan fingerprint density at radius 1 is 1.38 bits per heavy atom. The van der Waals surface area contributed by atoms with Gasteiger partial charge in [0, 0.05) is 20.5 Å². The maximum atomic E-state index is 4.29. The van der Waals surface area contributed by atoms with E-state index in [2.05, 4.69) is 49.1 Å². The summed E-state index contributed by atoms with van der Waals surface area (Å²) < 4.78 is 2.11. The van der Waals surface area contributed by atoms with Gasteiger partial charge in [0.2, 0.25) is 0 Å². The molecule has 1 aromatic heterocycles. The fourth-order valence-corrected chi connectivity index (χ4v) is 2.72. The number of nitrogens with zero attached hydrogens (tertiary/aromatic N) is 1. The first kappa shape index (κ1) is 12.1.